The van der Waals surface area contributed by atoms with Gasteiger partial charge in [-0.1, -0.05) is 28.1 Å². The summed E-state index contributed by atoms with van der Waals surface area (Å²) in [5.41, 5.74) is 1.06. The van der Waals surface area contributed by atoms with Crippen molar-refractivity contribution in [1.82, 2.24) is 0 Å². The van der Waals surface area contributed by atoms with Crippen molar-refractivity contribution >= 4 is 21.9 Å². The second kappa shape index (κ2) is 4.61. The smallest absolute Gasteiger partial charge is 0.139 e. The summed E-state index contributed by atoms with van der Waals surface area (Å²) < 4.78 is 0.977. The molecule has 0 heterocycles. The quantitative estimate of drug-likeness (QED) is 0.583. The molecular weight excluding hydrogens is 230 g/mol. The van der Waals surface area contributed by atoms with Gasteiger partial charge in [0, 0.05) is 10.9 Å². The predicted octanol–water partition coefficient (Wildman–Crippen LogP) is 2.27. The molecule has 0 N–H and O–H groups in total. The van der Waals surface area contributed by atoms with Crippen molar-refractivity contribution in [2.24, 2.45) is 0 Å². The topological polar surface area (TPSA) is 40.9 Å². The van der Waals surface area contributed by atoms with Crippen LogP contribution in [0, 0.1) is 11.3 Å². The Morgan fingerprint density at radius 1 is 1.38 bits per heavy atom. The van der Waals surface area contributed by atoms with Gasteiger partial charge >= 0.3 is 0 Å². The van der Waals surface area contributed by atoms with Gasteiger partial charge in [0.2, 0.25) is 0 Å². The molecule has 0 spiro atoms. The lowest BCUT2D eigenvalue weighted by atomic mass is 10.1. The van der Waals surface area contributed by atoms with Crippen LogP contribution in [0.25, 0.3) is 0 Å². The van der Waals surface area contributed by atoms with E-state index in [0.29, 0.717) is 6.42 Å². The van der Waals surface area contributed by atoms with Crippen molar-refractivity contribution in [3.05, 3.63) is 39.9 Å². The Labute approximate surface area is 84.6 Å². The summed E-state index contributed by atoms with van der Waals surface area (Å²) in [6, 6.07) is 9.26. The summed E-state index contributed by atoms with van der Waals surface area (Å²) >= 11 is 3.30. The highest BCUT2D eigenvalue weighted by molar-refractivity contribution is 9.10. The zero-order chi connectivity index (χ0) is 9.68. The number of rotatable bonds is 2. The van der Waals surface area contributed by atoms with Gasteiger partial charge < -0.3 is 0 Å². The molecule has 0 amide bonds. The second-order valence-electron chi connectivity index (χ2n) is 2.50. The Kier molecular flexibility index (Phi) is 3.45. The third-order valence-electron chi connectivity index (χ3n) is 1.55. The van der Waals surface area contributed by atoms with Crippen LogP contribution in [0.15, 0.2) is 34.3 Å². The molecule has 1 aromatic carbocycles. The summed E-state index contributed by atoms with van der Waals surface area (Å²) in [5, 5.41) is 8.48. The van der Waals surface area contributed by atoms with Crippen LogP contribution in [0.1, 0.15) is 5.56 Å². The molecule has 2 nitrogen and oxygen atoms in total. The fraction of sp³-hybridized carbons (Fsp3) is 0.100. The lowest BCUT2D eigenvalue weighted by Gasteiger charge is -1.96. The van der Waals surface area contributed by atoms with Gasteiger partial charge in [-0.25, -0.2) is 4.79 Å². The first-order valence-corrected chi connectivity index (χ1v) is 4.44. The van der Waals surface area contributed by atoms with E-state index in [2.05, 4.69) is 15.9 Å². The van der Waals surface area contributed by atoms with Gasteiger partial charge in [0.25, 0.3) is 0 Å². The molecule has 0 bridgehead atoms. The standard InChI is InChI=1S/C10H6BrNO/c11-10-3-1-8(2-4-10)5-9(6-12)7-13/h1-4H,5H2. The summed E-state index contributed by atoms with van der Waals surface area (Å²) in [4.78, 5) is 10.2. The molecule has 1 rings (SSSR count). The number of benzene rings is 1. The fourth-order valence-electron chi connectivity index (χ4n) is 0.905. The van der Waals surface area contributed by atoms with Gasteiger partial charge in [0.15, 0.2) is 0 Å². The van der Waals surface area contributed by atoms with Crippen LogP contribution >= 0.6 is 15.9 Å². The maximum atomic E-state index is 10.2. The Morgan fingerprint density at radius 3 is 2.46 bits per heavy atom. The van der Waals surface area contributed by atoms with Crippen molar-refractivity contribution in [3.8, 4) is 6.07 Å². The van der Waals surface area contributed by atoms with E-state index in [1.807, 2.05) is 24.3 Å². The number of carbonyl (C=O) groups excluding carboxylic acids is 1. The Morgan fingerprint density at radius 2 is 2.00 bits per heavy atom. The molecule has 0 unspecified atom stereocenters. The molecule has 0 aliphatic carbocycles. The number of allylic oxidation sites excluding steroid dienone is 1. The van der Waals surface area contributed by atoms with Gasteiger partial charge in [-0.3, -0.25) is 0 Å². The number of hydrogen-bond acceptors (Lipinski definition) is 2. The molecule has 3 heteroatoms. The highest BCUT2D eigenvalue weighted by Crippen LogP contribution is 2.12. The zero-order valence-corrected chi connectivity index (χ0v) is 8.34. The van der Waals surface area contributed by atoms with Crippen LogP contribution in [-0.2, 0) is 11.2 Å². The van der Waals surface area contributed by atoms with E-state index in [1.54, 1.807) is 12.0 Å². The molecular formula is C10H6BrNO. The fourth-order valence-corrected chi connectivity index (χ4v) is 1.17. The van der Waals surface area contributed by atoms with Gasteiger partial charge in [0.05, 0.1) is 0 Å². The lowest BCUT2D eigenvalue weighted by Crippen LogP contribution is -1.88. The Hall–Kier alpha value is -1.36. The van der Waals surface area contributed by atoms with Crippen LogP contribution in [0.5, 0.6) is 0 Å². The van der Waals surface area contributed by atoms with Crippen LogP contribution < -0.4 is 0 Å². The molecule has 0 atom stereocenters. The van der Waals surface area contributed by atoms with E-state index in [0.717, 1.165) is 10.0 Å². The second-order valence-corrected chi connectivity index (χ2v) is 3.41. The summed E-state index contributed by atoms with van der Waals surface area (Å²) in [5.74, 6) is 1.61. The van der Waals surface area contributed by atoms with Crippen molar-refractivity contribution in [3.63, 3.8) is 0 Å². The van der Waals surface area contributed by atoms with E-state index in [1.165, 1.54) is 0 Å². The molecule has 13 heavy (non-hydrogen) atoms. The van der Waals surface area contributed by atoms with E-state index < -0.39 is 0 Å². The Bertz CT molecular complexity index is 382. The maximum Gasteiger partial charge on any atom is 0.139 e. The van der Waals surface area contributed by atoms with Crippen LogP contribution in [0.4, 0.5) is 0 Å². The first kappa shape index (κ1) is 9.73. The molecule has 1 aromatic rings. The maximum absolute atomic E-state index is 10.2. The molecule has 0 radical (unpaired) electrons. The lowest BCUT2D eigenvalue weighted by molar-refractivity contribution is 0.567. The SMILES string of the molecule is N#CC(=C=O)Cc1ccc(Br)cc1. The van der Waals surface area contributed by atoms with Crippen LogP contribution in [0.2, 0.25) is 0 Å². The van der Waals surface area contributed by atoms with Crippen LogP contribution in [-0.4, -0.2) is 5.94 Å². The molecule has 0 fully saturated rings. The Balaban J connectivity index is 2.82. The van der Waals surface area contributed by atoms with E-state index in [9.17, 15) is 4.79 Å². The monoisotopic (exact) mass is 235 g/mol. The number of nitriles is 1. The van der Waals surface area contributed by atoms with Gasteiger partial charge in [-0.05, 0) is 17.7 Å². The number of hydrogen-bond donors (Lipinski definition) is 0. The van der Waals surface area contributed by atoms with Gasteiger partial charge in [-0.2, -0.15) is 5.26 Å². The number of nitrogens with zero attached hydrogens (tertiary/aromatic N) is 1. The van der Waals surface area contributed by atoms with Crippen LogP contribution in [0.3, 0.4) is 0 Å². The van der Waals surface area contributed by atoms with Crippen molar-refractivity contribution in [2.45, 2.75) is 6.42 Å². The minimum absolute atomic E-state index is 0.127. The van der Waals surface area contributed by atoms with Gasteiger partial charge in [0.1, 0.15) is 17.6 Å². The first-order valence-electron chi connectivity index (χ1n) is 3.65. The van der Waals surface area contributed by atoms with E-state index in [4.69, 9.17) is 5.26 Å². The summed E-state index contributed by atoms with van der Waals surface area (Å²) in [7, 11) is 0. The van der Waals surface area contributed by atoms with Gasteiger partial charge in [-0.15, -0.1) is 0 Å². The highest BCUT2D eigenvalue weighted by Gasteiger charge is 1.98. The van der Waals surface area contributed by atoms with E-state index >= 15 is 0 Å². The average Bonchev–Trinajstić information content (AvgIpc) is 2.17. The normalized spacial score (nSPS) is 8.62. The number of halogens is 1. The average molecular weight is 236 g/mol. The van der Waals surface area contributed by atoms with Crippen molar-refractivity contribution < 1.29 is 4.79 Å². The summed E-state index contributed by atoms with van der Waals surface area (Å²) in [6.07, 6.45) is 0.354. The highest BCUT2D eigenvalue weighted by atomic mass is 79.9. The minimum atomic E-state index is 0.127. The molecule has 0 saturated heterocycles. The van der Waals surface area contributed by atoms with E-state index in [-0.39, 0.29) is 5.57 Å². The molecule has 0 saturated carbocycles. The predicted molar refractivity (Wildman–Crippen MR) is 52.7 cm³/mol. The van der Waals surface area contributed by atoms with Crippen molar-refractivity contribution in [2.75, 3.05) is 0 Å². The third kappa shape index (κ3) is 2.87. The largest absolute Gasteiger partial charge is 0.232 e. The summed E-state index contributed by atoms with van der Waals surface area (Å²) in [6.45, 7) is 0. The first-order chi connectivity index (χ1) is 6.26. The molecule has 64 valence electrons. The third-order valence-corrected chi connectivity index (χ3v) is 2.08. The minimum Gasteiger partial charge on any atom is -0.232 e. The zero-order valence-electron chi connectivity index (χ0n) is 6.75. The molecule has 0 aliphatic rings. The van der Waals surface area contributed by atoms with Crippen molar-refractivity contribution in [1.29, 1.82) is 5.26 Å². The molecule has 0 aromatic heterocycles. The molecule has 0 aliphatic heterocycles.